The average Bonchev–Trinajstić information content (AvgIpc) is 3.11. The molecule has 0 aliphatic carbocycles. The number of hydrogen-bond acceptors (Lipinski definition) is 5. The maximum absolute atomic E-state index is 12.6. The van der Waals surface area contributed by atoms with Crippen molar-refractivity contribution in [2.75, 3.05) is 30.4 Å². The standard InChI is InChI=1S/C18H17BrClF2N3O3/c1-27-14-6-7-25(10-14)16-15(19)8-11(9-23-16)17(26)24-12-2-4-13(5-3-12)28-18(20,21)22/h2-5,8-9,14H,6-7,10H2,1H3,(H,24,26)/t14-/m1/s1. The Balaban J connectivity index is 1.65. The van der Waals surface area contributed by atoms with Gasteiger partial charge in [0.2, 0.25) is 0 Å². The number of pyridine rings is 1. The Hall–Kier alpha value is -1.97. The molecule has 150 valence electrons. The molecule has 0 spiro atoms. The topological polar surface area (TPSA) is 63.7 Å². The number of methoxy groups -OCH3 is 1. The normalized spacial score (nSPS) is 16.9. The lowest BCUT2D eigenvalue weighted by molar-refractivity contribution is -0.0964. The van der Waals surface area contributed by atoms with Crippen molar-refractivity contribution in [2.45, 2.75) is 18.1 Å². The first-order valence-corrected chi connectivity index (χ1v) is 9.52. The van der Waals surface area contributed by atoms with Crippen LogP contribution in [0.3, 0.4) is 0 Å². The monoisotopic (exact) mass is 475 g/mol. The number of alkyl halides is 3. The van der Waals surface area contributed by atoms with Gasteiger partial charge < -0.3 is 19.7 Å². The van der Waals surface area contributed by atoms with Gasteiger partial charge >= 0.3 is 5.57 Å². The molecule has 3 rings (SSSR count). The fourth-order valence-electron chi connectivity index (χ4n) is 2.84. The first-order chi connectivity index (χ1) is 13.2. The number of halogens is 4. The lowest BCUT2D eigenvalue weighted by Crippen LogP contribution is -2.24. The summed E-state index contributed by atoms with van der Waals surface area (Å²) >= 11 is 8.18. The third-order valence-corrected chi connectivity index (χ3v) is 4.87. The van der Waals surface area contributed by atoms with E-state index in [2.05, 4.69) is 35.9 Å². The van der Waals surface area contributed by atoms with E-state index < -0.39 is 5.57 Å². The summed E-state index contributed by atoms with van der Waals surface area (Å²) in [4.78, 5) is 18.9. The minimum atomic E-state index is -3.79. The van der Waals surface area contributed by atoms with Crippen molar-refractivity contribution in [2.24, 2.45) is 0 Å². The van der Waals surface area contributed by atoms with Crippen molar-refractivity contribution in [3.63, 3.8) is 0 Å². The third-order valence-electron chi connectivity index (χ3n) is 4.21. The maximum Gasteiger partial charge on any atom is 0.487 e. The number of anilines is 2. The predicted octanol–water partition coefficient (Wildman–Crippen LogP) is 4.49. The molecule has 2 aromatic rings. The Morgan fingerprint density at radius 1 is 1.39 bits per heavy atom. The molecule has 28 heavy (non-hydrogen) atoms. The number of carbonyl (C=O) groups is 1. The summed E-state index contributed by atoms with van der Waals surface area (Å²) in [6.45, 7) is 1.56. The summed E-state index contributed by atoms with van der Waals surface area (Å²) in [5.41, 5.74) is -3.02. The SMILES string of the molecule is CO[C@@H]1CCN(c2ncc(C(=O)Nc3ccc(OC(F)(F)Cl)cc3)cc2Br)C1. The Morgan fingerprint density at radius 3 is 2.68 bits per heavy atom. The zero-order valence-corrected chi connectivity index (χ0v) is 17.1. The second-order valence-electron chi connectivity index (χ2n) is 6.15. The Labute approximate surface area is 173 Å². The summed E-state index contributed by atoms with van der Waals surface area (Å²) in [5.74, 6) is 0.249. The molecule has 1 N–H and O–H groups in total. The van der Waals surface area contributed by atoms with Crippen LogP contribution >= 0.6 is 27.5 Å². The highest BCUT2D eigenvalue weighted by Gasteiger charge is 2.27. The summed E-state index contributed by atoms with van der Waals surface area (Å²) < 4.78 is 35.5. The van der Waals surface area contributed by atoms with E-state index in [1.54, 1.807) is 13.2 Å². The van der Waals surface area contributed by atoms with Crippen LogP contribution in [0, 0.1) is 0 Å². The van der Waals surface area contributed by atoms with Crippen molar-refractivity contribution in [3.8, 4) is 5.75 Å². The van der Waals surface area contributed by atoms with Gasteiger partial charge in [-0.05, 0) is 52.7 Å². The van der Waals surface area contributed by atoms with Crippen molar-refractivity contribution < 1.29 is 23.0 Å². The molecule has 10 heteroatoms. The molecule has 0 unspecified atom stereocenters. The van der Waals surface area contributed by atoms with Crippen molar-refractivity contribution in [1.29, 1.82) is 0 Å². The van der Waals surface area contributed by atoms with Crippen LogP contribution in [0.2, 0.25) is 0 Å². The number of benzene rings is 1. The van der Waals surface area contributed by atoms with E-state index in [0.29, 0.717) is 15.7 Å². The molecule has 1 amide bonds. The fourth-order valence-corrected chi connectivity index (χ4v) is 3.53. The molecule has 1 saturated heterocycles. The number of rotatable bonds is 6. The van der Waals surface area contributed by atoms with Gasteiger partial charge in [0.05, 0.1) is 16.1 Å². The van der Waals surface area contributed by atoms with Gasteiger partial charge in [0.25, 0.3) is 5.91 Å². The first-order valence-electron chi connectivity index (χ1n) is 8.35. The van der Waals surface area contributed by atoms with Crippen molar-refractivity contribution in [3.05, 3.63) is 46.6 Å². The van der Waals surface area contributed by atoms with E-state index in [-0.39, 0.29) is 17.8 Å². The van der Waals surface area contributed by atoms with E-state index in [9.17, 15) is 13.6 Å². The molecular weight excluding hydrogens is 460 g/mol. The van der Waals surface area contributed by atoms with Crippen LogP contribution in [0.1, 0.15) is 16.8 Å². The Bertz CT molecular complexity index is 849. The molecule has 1 aliphatic rings. The zero-order valence-electron chi connectivity index (χ0n) is 14.8. The second-order valence-corrected chi connectivity index (χ2v) is 7.44. The first kappa shape index (κ1) is 20.8. The highest BCUT2D eigenvalue weighted by molar-refractivity contribution is 9.10. The van der Waals surface area contributed by atoms with Gasteiger partial charge in [-0.3, -0.25) is 4.79 Å². The van der Waals surface area contributed by atoms with Crippen LogP contribution in [0.5, 0.6) is 5.75 Å². The molecule has 0 saturated carbocycles. The highest BCUT2D eigenvalue weighted by Crippen LogP contribution is 2.29. The van der Waals surface area contributed by atoms with Gasteiger partial charge in [-0.2, -0.15) is 0 Å². The lowest BCUT2D eigenvalue weighted by atomic mass is 10.2. The van der Waals surface area contributed by atoms with Crippen LogP contribution in [0.25, 0.3) is 0 Å². The maximum atomic E-state index is 12.6. The minimum Gasteiger partial charge on any atom is -0.420 e. The van der Waals surface area contributed by atoms with E-state index in [1.165, 1.54) is 30.5 Å². The van der Waals surface area contributed by atoms with Gasteiger partial charge in [-0.25, -0.2) is 4.98 Å². The fraction of sp³-hybridized carbons (Fsp3) is 0.333. The van der Waals surface area contributed by atoms with Crippen LogP contribution in [0.15, 0.2) is 41.0 Å². The number of nitrogens with zero attached hydrogens (tertiary/aromatic N) is 2. The Morgan fingerprint density at radius 2 is 2.11 bits per heavy atom. The number of aromatic nitrogens is 1. The number of nitrogens with one attached hydrogen (secondary N) is 1. The predicted molar refractivity (Wildman–Crippen MR) is 105 cm³/mol. The van der Waals surface area contributed by atoms with Crippen LogP contribution in [-0.2, 0) is 4.74 Å². The van der Waals surface area contributed by atoms with E-state index >= 15 is 0 Å². The number of carbonyl (C=O) groups excluding carboxylic acids is 1. The summed E-state index contributed by atoms with van der Waals surface area (Å²) in [6, 6.07) is 7.11. The van der Waals surface area contributed by atoms with Gasteiger partial charge in [-0.1, -0.05) is 0 Å². The smallest absolute Gasteiger partial charge is 0.420 e. The second kappa shape index (κ2) is 8.59. The quantitative estimate of drug-likeness (QED) is 0.623. The largest absolute Gasteiger partial charge is 0.487 e. The minimum absolute atomic E-state index is 0.119. The molecule has 0 radical (unpaired) electrons. The molecule has 1 fully saturated rings. The number of amides is 1. The average molecular weight is 477 g/mol. The highest BCUT2D eigenvalue weighted by atomic mass is 79.9. The van der Waals surface area contributed by atoms with Gasteiger partial charge in [0, 0.05) is 43.7 Å². The summed E-state index contributed by atoms with van der Waals surface area (Å²) in [6.07, 6.45) is 2.57. The molecule has 0 bridgehead atoms. The molecule has 2 heterocycles. The van der Waals surface area contributed by atoms with Crippen molar-refractivity contribution >= 4 is 44.9 Å². The van der Waals surface area contributed by atoms with E-state index in [4.69, 9.17) is 16.3 Å². The van der Waals surface area contributed by atoms with Crippen LogP contribution in [-0.4, -0.2) is 42.8 Å². The Kier molecular flexibility index (Phi) is 6.36. The molecule has 1 aromatic carbocycles. The van der Waals surface area contributed by atoms with E-state index in [0.717, 1.165) is 25.3 Å². The zero-order chi connectivity index (χ0) is 20.3. The molecule has 1 aliphatic heterocycles. The lowest BCUT2D eigenvalue weighted by Gasteiger charge is -2.19. The van der Waals surface area contributed by atoms with Crippen LogP contribution < -0.4 is 15.0 Å². The van der Waals surface area contributed by atoms with Crippen LogP contribution in [0.4, 0.5) is 20.3 Å². The van der Waals surface area contributed by atoms with Crippen molar-refractivity contribution in [1.82, 2.24) is 4.98 Å². The summed E-state index contributed by atoms with van der Waals surface area (Å²) in [5, 5.41) is 2.67. The third kappa shape index (κ3) is 5.30. The molecule has 1 atom stereocenters. The molecule has 1 aromatic heterocycles. The number of hydrogen-bond donors (Lipinski definition) is 1. The van der Waals surface area contributed by atoms with E-state index in [1.807, 2.05) is 0 Å². The van der Waals surface area contributed by atoms with Gasteiger partial charge in [0.1, 0.15) is 11.6 Å². The summed E-state index contributed by atoms with van der Waals surface area (Å²) in [7, 11) is 1.68. The number of ether oxygens (including phenoxy) is 2. The molecule has 6 nitrogen and oxygen atoms in total. The molecular formula is C18H17BrClF2N3O3. The van der Waals surface area contributed by atoms with Gasteiger partial charge in [0.15, 0.2) is 0 Å². The van der Waals surface area contributed by atoms with Gasteiger partial charge in [-0.15, -0.1) is 8.78 Å².